The van der Waals surface area contributed by atoms with E-state index < -0.39 is 0 Å². The number of nitrogens with zero attached hydrogens (tertiary/aromatic N) is 4. The molecule has 5 rings (SSSR count). The number of pyridine rings is 1. The van der Waals surface area contributed by atoms with Gasteiger partial charge in [-0.3, -0.25) is 9.69 Å². The van der Waals surface area contributed by atoms with Gasteiger partial charge in [-0.05, 0) is 68.8 Å². The Hall–Kier alpha value is -2.65. The Morgan fingerprint density at radius 3 is 2.62 bits per heavy atom. The molecule has 0 radical (unpaired) electrons. The Morgan fingerprint density at radius 1 is 0.971 bits per heavy atom. The topological polar surface area (TPSA) is 49.3 Å². The van der Waals surface area contributed by atoms with Gasteiger partial charge in [0.1, 0.15) is 0 Å². The third-order valence-electron chi connectivity index (χ3n) is 5.52. The first-order chi connectivity index (χ1) is 16.5. The van der Waals surface area contributed by atoms with Gasteiger partial charge in [0.2, 0.25) is 0 Å². The molecule has 0 aliphatic carbocycles. The molecule has 5 nitrogen and oxygen atoms in total. The zero-order valence-corrected chi connectivity index (χ0v) is 22.1. The minimum atomic E-state index is -0.0479. The second-order valence-electron chi connectivity index (χ2n) is 8.27. The number of carbonyl (C=O) groups excluding carboxylic acids is 1. The van der Waals surface area contributed by atoms with Crippen LogP contribution in [0.5, 0.6) is 0 Å². The molecule has 172 valence electrons. The van der Waals surface area contributed by atoms with E-state index in [1.54, 1.807) is 22.7 Å². The maximum absolute atomic E-state index is 14.1. The Morgan fingerprint density at radius 2 is 1.82 bits per heavy atom. The van der Waals surface area contributed by atoms with Gasteiger partial charge < -0.3 is 4.90 Å². The summed E-state index contributed by atoms with van der Waals surface area (Å²) in [5.41, 5.74) is 3.18. The molecule has 0 saturated carbocycles. The van der Waals surface area contributed by atoms with E-state index in [1.165, 1.54) is 0 Å². The monoisotopic (exact) mass is 550 g/mol. The molecule has 0 aliphatic rings. The molecule has 0 aliphatic heterocycles. The van der Waals surface area contributed by atoms with Crippen molar-refractivity contribution < 1.29 is 4.79 Å². The fraction of sp³-hybridized carbons (Fsp3) is 0.192. The smallest absolute Gasteiger partial charge is 0.260 e. The second kappa shape index (κ2) is 9.92. The van der Waals surface area contributed by atoms with E-state index in [0.717, 1.165) is 54.3 Å². The van der Waals surface area contributed by atoms with Crippen molar-refractivity contribution in [3.8, 4) is 10.6 Å². The van der Waals surface area contributed by atoms with E-state index in [1.807, 2.05) is 79.0 Å². The summed E-state index contributed by atoms with van der Waals surface area (Å²) >= 11 is 6.71. The Bertz CT molecular complexity index is 1460. The molecule has 1 amide bonds. The zero-order valence-electron chi connectivity index (χ0n) is 18.9. The van der Waals surface area contributed by atoms with Crippen LogP contribution in [0.4, 0.5) is 5.13 Å². The number of anilines is 1. The number of aromatic nitrogens is 2. The summed E-state index contributed by atoms with van der Waals surface area (Å²) in [4.78, 5) is 28.8. The zero-order chi connectivity index (χ0) is 23.7. The van der Waals surface area contributed by atoms with E-state index in [0.29, 0.717) is 12.1 Å². The lowest BCUT2D eigenvalue weighted by Gasteiger charge is -2.22. The highest BCUT2D eigenvalue weighted by atomic mass is 79.9. The molecule has 0 unspecified atom stereocenters. The molecule has 0 saturated heterocycles. The van der Waals surface area contributed by atoms with Crippen LogP contribution < -0.4 is 4.90 Å². The molecule has 3 heterocycles. The molecule has 0 spiro atoms. The minimum Gasteiger partial charge on any atom is -0.309 e. The van der Waals surface area contributed by atoms with Crippen molar-refractivity contribution in [2.75, 3.05) is 32.1 Å². The number of amides is 1. The van der Waals surface area contributed by atoms with Gasteiger partial charge in [-0.2, -0.15) is 0 Å². The molecule has 0 fully saturated rings. The first-order valence-corrected chi connectivity index (χ1v) is 13.4. The van der Waals surface area contributed by atoms with Crippen molar-refractivity contribution in [3.05, 3.63) is 76.1 Å². The fourth-order valence-corrected chi connectivity index (χ4v) is 6.11. The van der Waals surface area contributed by atoms with Crippen molar-refractivity contribution in [2.24, 2.45) is 0 Å². The number of hydrogen-bond donors (Lipinski definition) is 0. The van der Waals surface area contributed by atoms with E-state index in [9.17, 15) is 4.79 Å². The van der Waals surface area contributed by atoms with Crippen LogP contribution in [0.1, 0.15) is 16.8 Å². The molecule has 0 bridgehead atoms. The van der Waals surface area contributed by atoms with Crippen LogP contribution in [-0.2, 0) is 0 Å². The molecular weight excluding hydrogens is 528 g/mol. The summed E-state index contributed by atoms with van der Waals surface area (Å²) < 4.78 is 2.05. The molecule has 34 heavy (non-hydrogen) atoms. The second-order valence-corrected chi connectivity index (χ2v) is 11.1. The van der Waals surface area contributed by atoms with Crippen molar-refractivity contribution in [1.82, 2.24) is 14.9 Å². The summed E-state index contributed by atoms with van der Waals surface area (Å²) in [5, 5.41) is 3.60. The van der Waals surface area contributed by atoms with Crippen molar-refractivity contribution in [1.29, 1.82) is 0 Å². The Labute approximate surface area is 214 Å². The summed E-state index contributed by atoms with van der Waals surface area (Å²) in [5.74, 6) is -0.0479. The number of thiazole rings is 1. The molecular formula is C26H23BrN4OS2. The number of thiophene rings is 1. The number of hydrogen-bond acceptors (Lipinski definition) is 6. The molecule has 5 aromatic rings. The van der Waals surface area contributed by atoms with Crippen molar-refractivity contribution in [3.63, 3.8) is 0 Å². The predicted molar refractivity (Wildman–Crippen MR) is 147 cm³/mol. The first-order valence-electron chi connectivity index (χ1n) is 11.0. The quantitative estimate of drug-likeness (QED) is 0.220. The van der Waals surface area contributed by atoms with Gasteiger partial charge in [0.15, 0.2) is 5.13 Å². The molecule has 3 aromatic heterocycles. The number of rotatable bonds is 7. The SMILES string of the molecule is CN(C)CCCN(C(=O)c1cc(-c2cccs2)nc2ccccc12)c1nc2ccc(Br)cc2s1. The molecule has 0 atom stereocenters. The van der Waals surface area contributed by atoms with Gasteiger partial charge in [-0.15, -0.1) is 11.3 Å². The number of halogens is 1. The summed E-state index contributed by atoms with van der Waals surface area (Å²) in [7, 11) is 4.09. The van der Waals surface area contributed by atoms with Crippen LogP contribution in [0.3, 0.4) is 0 Å². The van der Waals surface area contributed by atoms with Crippen LogP contribution in [-0.4, -0.2) is 48.0 Å². The number of carbonyl (C=O) groups is 1. The lowest BCUT2D eigenvalue weighted by Crippen LogP contribution is -2.33. The lowest BCUT2D eigenvalue weighted by atomic mass is 10.1. The number of fused-ring (bicyclic) bond motifs is 2. The number of para-hydroxylation sites is 1. The van der Waals surface area contributed by atoms with Gasteiger partial charge in [-0.1, -0.05) is 51.5 Å². The van der Waals surface area contributed by atoms with E-state index in [2.05, 4.69) is 26.9 Å². The fourth-order valence-electron chi connectivity index (χ4n) is 3.88. The lowest BCUT2D eigenvalue weighted by molar-refractivity contribution is 0.0987. The summed E-state index contributed by atoms with van der Waals surface area (Å²) in [6, 6.07) is 19.8. The Kier molecular flexibility index (Phi) is 6.74. The summed E-state index contributed by atoms with van der Waals surface area (Å²) in [6.45, 7) is 1.47. The highest BCUT2D eigenvalue weighted by Gasteiger charge is 2.24. The maximum Gasteiger partial charge on any atom is 0.260 e. The average molecular weight is 552 g/mol. The number of benzene rings is 2. The third-order valence-corrected chi connectivity index (χ3v) is 7.95. The van der Waals surface area contributed by atoms with Gasteiger partial charge in [0.25, 0.3) is 5.91 Å². The standard InChI is InChI=1S/C26H23BrN4OS2/c1-30(2)12-6-13-31(26-29-21-11-10-17(27)15-24(21)34-26)25(32)19-16-22(23-9-5-14-33-23)28-20-8-4-3-7-18(19)20/h3-5,7-11,14-16H,6,12-13H2,1-2H3. The van der Waals surface area contributed by atoms with E-state index in [4.69, 9.17) is 9.97 Å². The van der Waals surface area contributed by atoms with Crippen LogP contribution in [0.2, 0.25) is 0 Å². The normalized spacial score (nSPS) is 11.5. The molecule has 0 N–H and O–H groups in total. The average Bonchev–Trinajstić information content (AvgIpc) is 3.50. The highest BCUT2D eigenvalue weighted by molar-refractivity contribution is 9.10. The first kappa shape index (κ1) is 23.1. The van der Waals surface area contributed by atoms with Gasteiger partial charge in [-0.25, -0.2) is 9.97 Å². The van der Waals surface area contributed by atoms with Crippen molar-refractivity contribution in [2.45, 2.75) is 6.42 Å². The highest BCUT2D eigenvalue weighted by Crippen LogP contribution is 2.34. The Balaban J connectivity index is 1.61. The van der Waals surface area contributed by atoms with Gasteiger partial charge in [0, 0.05) is 16.4 Å². The van der Waals surface area contributed by atoms with E-state index in [-0.39, 0.29) is 5.91 Å². The minimum absolute atomic E-state index is 0.0479. The van der Waals surface area contributed by atoms with Crippen LogP contribution in [0.15, 0.2) is 70.5 Å². The largest absolute Gasteiger partial charge is 0.309 e. The third kappa shape index (κ3) is 4.77. The van der Waals surface area contributed by atoms with Gasteiger partial charge >= 0.3 is 0 Å². The van der Waals surface area contributed by atoms with Crippen LogP contribution in [0, 0.1) is 0 Å². The van der Waals surface area contributed by atoms with E-state index >= 15 is 0 Å². The van der Waals surface area contributed by atoms with Crippen molar-refractivity contribution >= 4 is 70.8 Å². The summed E-state index contributed by atoms with van der Waals surface area (Å²) in [6.07, 6.45) is 0.846. The molecule has 2 aromatic carbocycles. The maximum atomic E-state index is 14.1. The molecule has 8 heteroatoms. The van der Waals surface area contributed by atoms with Gasteiger partial charge in [0.05, 0.1) is 31.9 Å². The van der Waals surface area contributed by atoms with Crippen LogP contribution in [0.25, 0.3) is 31.7 Å². The van der Waals surface area contributed by atoms with Crippen LogP contribution >= 0.6 is 38.6 Å². The predicted octanol–water partition coefficient (Wildman–Crippen LogP) is 6.93.